The van der Waals surface area contributed by atoms with Crippen LogP contribution >= 0.6 is 11.3 Å². The van der Waals surface area contributed by atoms with Crippen molar-refractivity contribution >= 4 is 23.1 Å². The smallest absolute Gasteiger partial charge is 0.271 e. The molecule has 4 aromatic rings. The standard InChI is InChI=1S/C28H23N3O3S/c1-33-19-8-10-23(34-2)22(16-19)26-21-9-7-18-5-3-4-6-20(18)25(21)30-28-31(26)27(32)24(35-28)15-17-11-13-29-14-12-17/h3-6,8,10-16,26H,7,9H2,1-2H3/t26-/m0/s1. The molecule has 174 valence electrons. The summed E-state index contributed by atoms with van der Waals surface area (Å²) in [7, 11) is 3.30. The molecule has 1 atom stereocenters. The number of aromatic nitrogens is 2. The molecule has 1 aliphatic heterocycles. The highest BCUT2D eigenvalue weighted by Crippen LogP contribution is 2.44. The largest absolute Gasteiger partial charge is 0.497 e. The molecule has 0 radical (unpaired) electrons. The van der Waals surface area contributed by atoms with Crippen LogP contribution in [-0.2, 0) is 6.42 Å². The van der Waals surface area contributed by atoms with Crippen molar-refractivity contribution in [1.29, 1.82) is 0 Å². The van der Waals surface area contributed by atoms with Crippen molar-refractivity contribution in [2.75, 3.05) is 14.2 Å². The van der Waals surface area contributed by atoms with Gasteiger partial charge in [0.25, 0.3) is 5.56 Å². The Balaban J connectivity index is 1.67. The molecule has 3 heterocycles. The molecule has 0 saturated heterocycles. The molecular formula is C28H23N3O3S. The third-order valence-electron chi connectivity index (χ3n) is 6.61. The molecule has 0 N–H and O–H groups in total. The first-order valence-electron chi connectivity index (χ1n) is 11.4. The Kier molecular flexibility index (Phi) is 5.34. The van der Waals surface area contributed by atoms with Crippen molar-refractivity contribution in [2.45, 2.75) is 18.9 Å². The summed E-state index contributed by atoms with van der Waals surface area (Å²) >= 11 is 1.41. The highest BCUT2D eigenvalue weighted by Gasteiger charge is 2.34. The second-order valence-electron chi connectivity index (χ2n) is 8.50. The zero-order chi connectivity index (χ0) is 23.9. The Morgan fingerprint density at radius 1 is 1.03 bits per heavy atom. The normalized spacial score (nSPS) is 16.7. The fourth-order valence-corrected chi connectivity index (χ4v) is 5.96. The molecular weight excluding hydrogens is 458 g/mol. The number of aryl methyl sites for hydroxylation is 1. The first-order chi connectivity index (χ1) is 17.2. The molecule has 0 spiro atoms. The van der Waals surface area contributed by atoms with Gasteiger partial charge < -0.3 is 9.47 Å². The second-order valence-corrected chi connectivity index (χ2v) is 9.51. The summed E-state index contributed by atoms with van der Waals surface area (Å²) in [6.45, 7) is 0. The lowest BCUT2D eigenvalue weighted by Crippen LogP contribution is -2.39. The molecule has 2 aromatic heterocycles. The number of fused-ring (bicyclic) bond motifs is 3. The summed E-state index contributed by atoms with van der Waals surface area (Å²) in [5, 5.41) is 0. The van der Waals surface area contributed by atoms with Crippen molar-refractivity contribution in [1.82, 2.24) is 9.55 Å². The minimum absolute atomic E-state index is 0.0640. The second kappa shape index (κ2) is 8.67. The summed E-state index contributed by atoms with van der Waals surface area (Å²) in [6, 6.07) is 17.6. The third-order valence-corrected chi connectivity index (χ3v) is 7.59. The highest BCUT2D eigenvalue weighted by atomic mass is 32.1. The first kappa shape index (κ1) is 21.6. The quantitative estimate of drug-likeness (QED) is 0.446. The Morgan fingerprint density at radius 2 is 1.86 bits per heavy atom. The molecule has 6 nitrogen and oxygen atoms in total. The maximum Gasteiger partial charge on any atom is 0.271 e. The molecule has 2 aliphatic rings. The van der Waals surface area contributed by atoms with Gasteiger partial charge in [-0.05, 0) is 65.9 Å². The van der Waals surface area contributed by atoms with Crippen molar-refractivity contribution < 1.29 is 9.47 Å². The predicted octanol–water partition coefficient (Wildman–Crippen LogP) is 3.73. The summed E-state index contributed by atoms with van der Waals surface area (Å²) in [5.41, 5.74) is 6.25. The molecule has 0 unspecified atom stereocenters. The van der Waals surface area contributed by atoms with Gasteiger partial charge in [0.1, 0.15) is 11.5 Å². The van der Waals surface area contributed by atoms with Crippen LogP contribution in [0.1, 0.15) is 34.7 Å². The lowest BCUT2D eigenvalue weighted by molar-refractivity contribution is 0.392. The van der Waals surface area contributed by atoms with Crippen molar-refractivity contribution in [3.05, 3.63) is 115 Å². The van der Waals surface area contributed by atoms with E-state index in [0.29, 0.717) is 15.1 Å². The van der Waals surface area contributed by atoms with Crippen LogP contribution in [0.2, 0.25) is 0 Å². The molecule has 6 rings (SSSR count). The Hall–Kier alpha value is -3.97. The lowest BCUT2D eigenvalue weighted by atomic mass is 9.83. The van der Waals surface area contributed by atoms with E-state index in [1.165, 1.54) is 16.9 Å². The van der Waals surface area contributed by atoms with Crippen LogP contribution in [0.3, 0.4) is 0 Å². The van der Waals surface area contributed by atoms with Crippen LogP contribution in [-0.4, -0.2) is 23.8 Å². The minimum Gasteiger partial charge on any atom is -0.497 e. The van der Waals surface area contributed by atoms with Gasteiger partial charge in [-0.15, -0.1) is 0 Å². The van der Waals surface area contributed by atoms with Gasteiger partial charge in [-0.3, -0.25) is 14.3 Å². The Labute approximate surface area is 206 Å². The van der Waals surface area contributed by atoms with Crippen LogP contribution in [0.5, 0.6) is 11.5 Å². The molecule has 35 heavy (non-hydrogen) atoms. The van der Waals surface area contributed by atoms with Crippen LogP contribution in [0.25, 0.3) is 11.8 Å². The fourth-order valence-electron chi connectivity index (χ4n) is 4.96. The monoisotopic (exact) mass is 481 g/mol. The zero-order valence-corrected chi connectivity index (χ0v) is 20.2. The number of nitrogens with zero attached hydrogens (tertiary/aromatic N) is 3. The zero-order valence-electron chi connectivity index (χ0n) is 19.4. The lowest BCUT2D eigenvalue weighted by Gasteiger charge is -2.31. The van der Waals surface area contributed by atoms with Crippen LogP contribution in [0.15, 0.2) is 82.4 Å². The van der Waals surface area contributed by atoms with Gasteiger partial charge in [0.2, 0.25) is 0 Å². The summed E-state index contributed by atoms with van der Waals surface area (Å²) in [4.78, 5) is 23.7. The Morgan fingerprint density at radius 3 is 2.66 bits per heavy atom. The number of allylic oxidation sites excluding steroid dienone is 1. The predicted molar refractivity (Wildman–Crippen MR) is 137 cm³/mol. The van der Waals surface area contributed by atoms with Crippen LogP contribution in [0, 0.1) is 0 Å². The van der Waals surface area contributed by atoms with E-state index in [4.69, 9.17) is 14.5 Å². The van der Waals surface area contributed by atoms with E-state index in [-0.39, 0.29) is 11.6 Å². The molecule has 0 bridgehead atoms. The van der Waals surface area contributed by atoms with Gasteiger partial charge in [-0.25, -0.2) is 4.99 Å². The molecule has 0 amide bonds. The van der Waals surface area contributed by atoms with Crippen LogP contribution < -0.4 is 24.4 Å². The SMILES string of the molecule is COc1ccc(OC)c([C@@H]2C3=C(N=c4sc(=Cc5ccncc5)c(=O)n42)c2ccccc2CC3)c1. The number of rotatable bonds is 4. The van der Waals surface area contributed by atoms with E-state index in [1.807, 2.05) is 47.0 Å². The maximum absolute atomic E-state index is 13.8. The molecule has 0 saturated carbocycles. The number of pyridine rings is 1. The van der Waals surface area contributed by atoms with Gasteiger partial charge in [-0.2, -0.15) is 0 Å². The maximum atomic E-state index is 13.8. The minimum atomic E-state index is -0.334. The van der Waals surface area contributed by atoms with E-state index in [9.17, 15) is 4.79 Å². The fraction of sp³-hybridized carbons (Fsp3) is 0.179. The Bertz CT molecular complexity index is 1650. The van der Waals surface area contributed by atoms with Gasteiger partial charge >= 0.3 is 0 Å². The van der Waals surface area contributed by atoms with E-state index in [0.717, 1.165) is 46.6 Å². The van der Waals surface area contributed by atoms with Crippen molar-refractivity contribution in [2.24, 2.45) is 4.99 Å². The van der Waals surface area contributed by atoms with Gasteiger partial charge in [0, 0.05) is 23.5 Å². The summed E-state index contributed by atoms with van der Waals surface area (Å²) < 4.78 is 13.8. The van der Waals surface area contributed by atoms with Crippen molar-refractivity contribution in [3.63, 3.8) is 0 Å². The van der Waals surface area contributed by atoms with Gasteiger partial charge in [0.05, 0.1) is 30.5 Å². The molecule has 2 aromatic carbocycles. The van der Waals surface area contributed by atoms with E-state index in [1.54, 1.807) is 26.6 Å². The average molecular weight is 482 g/mol. The van der Waals surface area contributed by atoms with E-state index >= 15 is 0 Å². The number of ether oxygens (including phenoxy) is 2. The highest BCUT2D eigenvalue weighted by molar-refractivity contribution is 7.07. The molecule has 0 fully saturated rings. The third kappa shape index (κ3) is 3.59. The number of thiazole rings is 1. The van der Waals surface area contributed by atoms with Crippen molar-refractivity contribution in [3.8, 4) is 11.5 Å². The van der Waals surface area contributed by atoms with E-state index < -0.39 is 0 Å². The average Bonchev–Trinajstić information content (AvgIpc) is 3.21. The van der Waals surface area contributed by atoms with Crippen LogP contribution in [0.4, 0.5) is 0 Å². The molecule has 1 aliphatic carbocycles. The van der Waals surface area contributed by atoms with E-state index in [2.05, 4.69) is 23.2 Å². The first-order valence-corrected chi connectivity index (χ1v) is 12.2. The number of hydrogen-bond acceptors (Lipinski definition) is 6. The topological polar surface area (TPSA) is 65.7 Å². The van der Waals surface area contributed by atoms with Gasteiger partial charge in [0.15, 0.2) is 4.80 Å². The number of benzene rings is 2. The number of methoxy groups -OCH3 is 2. The summed E-state index contributed by atoms with van der Waals surface area (Å²) in [5.74, 6) is 1.43. The van der Waals surface area contributed by atoms with Gasteiger partial charge in [-0.1, -0.05) is 35.6 Å². The molecule has 7 heteroatoms. The number of hydrogen-bond donors (Lipinski definition) is 0. The summed E-state index contributed by atoms with van der Waals surface area (Å²) in [6.07, 6.45) is 7.07.